The molecule has 1 saturated heterocycles. The van der Waals surface area contributed by atoms with E-state index in [0.29, 0.717) is 24.3 Å². The van der Waals surface area contributed by atoms with Gasteiger partial charge in [-0.05, 0) is 67.1 Å². The van der Waals surface area contributed by atoms with Gasteiger partial charge in [-0.3, -0.25) is 10.2 Å². The zero-order valence-electron chi connectivity index (χ0n) is 21.9. The zero-order chi connectivity index (χ0) is 28.0. The lowest BCUT2D eigenvalue weighted by atomic mass is 10.0. The van der Waals surface area contributed by atoms with E-state index in [2.05, 4.69) is 39.3 Å². The summed E-state index contributed by atoms with van der Waals surface area (Å²) in [6.45, 7) is 8.19. The van der Waals surface area contributed by atoms with Crippen molar-refractivity contribution in [3.63, 3.8) is 0 Å². The predicted molar refractivity (Wildman–Crippen MR) is 147 cm³/mol. The summed E-state index contributed by atoms with van der Waals surface area (Å²) in [5.74, 6) is 6.26. The van der Waals surface area contributed by atoms with E-state index < -0.39 is 17.8 Å². The van der Waals surface area contributed by atoms with Gasteiger partial charge in [0.25, 0.3) is 0 Å². The van der Waals surface area contributed by atoms with Crippen molar-refractivity contribution in [1.29, 1.82) is 0 Å². The summed E-state index contributed by atoms with van der Waals surface area (Å²) in [6, 6.07) is 11.9. The third kappa shape index (κ3) is 7.72. The van der Waals surface area contributed by atoms with E-state index >= 15 is 0 Å². The number of nitrogens with zero attached hydrogens (tertiary/aromatic N) is 3. The maximum Gasteiger partial charge on any atom is 0.416 e. The first-order valence-electron chi connectivity index (χ1n) is 12.7. The number of hydrogen-bond donors (Lipinski definition) is 3. The fourth-order valence-corrected chi connectivity index (χ4v) is 4.31. The van der Waals surface area contributed by atoms with Gasteiger partial charge in [0, 0.05) is 61.4 Å². The number of nitrogens with one attached hydrogen (secondary N) is 2. The summed E-state index contributed by atoms with van der Waals surface area (Å²) in [6.07, 6.45) is -3.06. The molecule has 0 aliphatic carbocycles. The molecule has 1 fully saturated rings. The van der Waals surface area contributed by atoms with Crippen molar-refractivity contribution >= 4 is 23.2 Å². The number of alkyl halides is 3. The van der Waals surface area contributed by atoms with Gasteiger partial charge in [-0.1, -0.05) is 24.8 Å². The number of pyridine rings is 1. The maximum absolute atomic E-state index is 13.9. The summed E-state index contributed by atoms with van der Waals surface area (Å²) in [4.78, 5) is 21.0. The smallest absolute Gasteiger partial charge is 0.399 e. The highest BCUT2D eigenvalue weighted by Crippen LogP contribution is 2.34. The first kappa shape index (κ1) is 28.0. The Balaban J connectivity index is 1.42. The van der Waals surface area contributed by atoms with E-state index in [0.717, 1.165) is 36.8 Å². The van der Waals surface area contributed by atoms with Crippen LogP contribution in [0.4, 0.5) is 35.2 Å². The van der Waals surface area contributed by atoms with Crippen LogP contribution in [-0.2, 0) is 12.7 Å². The first-order valence-corrected chi connectivity index (χ1v) is 12.7. The average Bonchev–Trinajstić information content (AvgIpc) is 2.90. The number of amides is 2. The standard InChI is InChI=1S/C29H31F3N6O/c1-3-37-12-14-38(15-13-37)19-23-7-8-24(18-25(23)29(30,31)32)35-28(39)36-27-17-22(10-11-34-27)5-4-21-6-9-26(33)20(2)16-21/h6-11,16-18H,3,12-15,19,33H2,1-2H3,(H2,34,35,36,39). The SMILES string of the molecule is CCN1CCN(Cc2ccc(NC(=O)Nc3cc(C#Cc4ccc(N)c(C)c4)ccn3)cc2C(F)(F)F)CC1. The molecule has 0 radical (unpaired) electrons. The molecule has 204 valence electrons. The molecule has 7 nitrogen and oxygen atoms in total. The van der Waals surface area contributed by atoms with Crippen molar-refractivity contribution in [3.05, 3.63) is 82.5 Å². The third-order valence-corrected chi connectivity index (χ3v) is 6.60. The minimum atomic E-state index is -4.55. The minimum absolute atomic E-state index is 0.0362. The molecule has 4 rings (SSSR count). The molecule has 39 heavy (non-hydrogen) atoms. The summed E-state index contributed by atoms with van der Waals surface area (Å²) in [5.41, 5.74) is 8.31. The van der Waals surface area contributed by atoms with E-state index in [1.165, 1.54) is 18.3 Å². The Hall–Kier alpha value is -4.07. The van der Waals surface area contributed by atoms with Gasteiger partial charge in [0.2, 0.25) is 0 Å². The lowest BCUT2D eigenvalue weighted by Crippen LogP contribution is -2.45. The van der Waals surface area contributed by atoms with Gasteiger partial charge in [-0.15, -0.1) is 0 Å². The van der Waals surface area contributed by atoms with E-state index in [-0.39, 0.29) is 23.6 Å². The van der Waals surface area contributed by atoms with Gasteiger partial charge in [0.05, 0.1) is 5.56 Å². The highest BCUT2D eigenvalue weighted by molar-refractivity contribution is 5.99. The van der Waals surface area contributed by atoms with Crippen LogP contribution in [0.15, 0.2) is 54.7 Å². The molecule has 1 aliphatic rings. The molecule has 0 saturated carbocycles. The second-order valence-corrected chi connectivity index (χ2v) is 9.41. The third-order valence-electron chi connectivity index (χ3n) is 6.60. The van der Waals surface area contributed by atoms with Crippen LogP contribution in [0.5, 0.6) is 0 Å². The van der Waals surface area contributed by atoms with Crippen molar-refractivity contribution in [3.8, 4) is 11.8 Å². The van der Waals surface area contributed by atoms with Crippen LogP contribution in [0.3, 0.4) is 0 Å². The Morgan fingerprint density at radius 2 is 1.67 bits per heavy atom. The Bertz CT molecular complexity index is 1390. The lowest BCUT2D eigenvalue weighted by Gasteiger charge is -2.34. The topological polar surface area (TPSA) is 86.5 Å². The van der Waals surface area contributed by atoms with E-state index in [1.807, 2.05) is 24.0 Å². The van der Waals surface area contributed by atoms with Crippen molar-refractivity contribution in [2.24, 2.45) is 0 Å². The number of aromatic nitrogens is 1. The van der Waals surface area contributed by atoms with Crippen LogP contribution in [0, 0.1) is 18.8 Å². The molecule has 2 amide bonds. The fourth-order valence-electron chi connectivity index (χ4n) is 4.31. The number of benzene rings is 2. The van der Waals surface area contributed by atoms with Gasteiger partial charge in [-0.2, -0.15) is 13.2 Å². The summed E-state index contributed by atoms with van der Waals surface area (Å²) in [5, 5.41) is 5.03. The Morgan fingerprint density at radius 1 is 0.974 bits per heavy atom. The quantitative estimate of drug-likeness (QED) is 0.309. The molecule has 1 aliphatic heterocycles. The summed E-state index contributed by atoms with van der Waals surface area (Å²) in [7, 11) is 0. The molecule has 4 N–H and O–H groups in total. The molecule has 10 heteroatoms. The van der Waals surface area contributed by atoms with E-state index in [1.54, 1.807) is 18.2 Å². The number of anilines is 3. The van der Waals surface area contributed by atoms with Gasteiger partial charge < -0.3 is 16.0 Å². The Labute approximate surface area is 226 Å². The van der Waals surface area contributed by atoms with E-state index in [4.69, 9.17) is 5.73 Å². The number of nitrogens with two attached hydrogens (primary N) is 1. The molecular weight excluding hydrogens is 505 g/mol. The number of aryl methyl sites for hydroxylation is 1. The van der Waals surface area contributed by atoms with Gasteiger partial charge >= 0.3 is 12.2 Å². The number of carbonyl (C=O) groups excluding carboxylic acids is 1. The number of carbonyl (C=O) groups is 1. The molecule has 0 spiro atoms. The molecule has 2 heterocycles. The number of rotatable bonds is 5. The fraction of sp³-hybridized carbons (Fsp3) is 0.310. The zero-order valence-corrected chi connectivity index (χ0v) is 21.9. The van der Waals surface area contributed by atoms with Crippen LogP contribution < -0.4 is 16.4 Å². The van der Waals surface area contributed by atoms with Crippen molar-refractivity contribution in [2.45, 2.75) is 26.6 Å². The van der Waals surface area contributed by atoms with Gasteiger partial charge in [0.1, 0.15) is 5.82 Å². The normalized spacial score (nSPS) is 14.4. The van der Waals surface area contributed by atoms with Crippen molar-refractivity contribution in [2.75, 3.05) is 49.1 Å². The van der Waals surface area contributed by atoms with E-state index in [9.17, 15) is 18.0 Å². The molecule has 0 unspecified atom stereocenters. The number of urea groups is 1. The number of piperazine rings is 1. The van der Waals surface area contributed by atoms with Crippen LogP contribution in [0.25, 0.3) is 0 Å². The Kier molecular flexibility index (Phi) is 8.74. The molecule has 2 aromatic carbocycles. The average molecular weight is 537 g/mol. The molecule has 1 aromatic heterocycles. The van der Waals surface area contributed by atoms with Crippen LogP contribution in [0.1, 0.15) is 34.7 Å². The van der Waals surface area contributed by atoms with Crippen molar-refractivity contribution in [1.82, 2.24) is 14.8 Å². The first-order chi connectivity index (χ1) is 18.6. The molecule has 3 aromatic rings. The number of hydrogen-bond acceptors (Lipinski definition) is 5. The summed E-state index contributed by atoms with van der Waals surface area (Å²) >= 11 is 0. The number of halogens is 3. The lowest BCUT2D eigenvalue weighted by molar-refractivity contribution is -0.138. The number of nitrogen functional groups attached to an aromatic ring is 1. The monoisotopic (exact) mass is 536 g/mol. The number of likely N-dealkylation sites (N-methyl/N-ethyl adjacent to an activating group) is 1. The highest BCUT2D eigenvalue weighted by Gasteiger charge is 2.34. The second kappa shape index (κ2) is 12.2. The second-order valence-electron chi connectivity index (χ2n) is 9.41. The largest absolute Gasteiger partial charge is 0.416 e. The Morgan fingerprint density at radius 3 is 2.33 bits per heavy atom. The molecular formula is C29H31F3N6O. The molecule has 0 atom stereocenters. The minimum Gasteiger partial charge on any atom is -0.399 e. The summed E-state index contributed by atoms with van der Waals surface area (Å²) < 4.78 is 41.6. The van der Waals surface area contributed by atoms with Crippen LogP contribution in [-0.4, -0.2) is 53.5 Å². The van der Waals surface area contributed by atoms with Crippen LogP contribution in [0.2, 0.25) is 0 Å². The van der Waals surface area contributed by atoms with Crippen molar-refractivity contribution < 1.29 is 18.0 Å². The van der Waals surface area contributed by atoms with Crippen LogP contribution >= 0.6 is 0 Å². The predicted octanol–water partition coefficient (Wildman–Crippen LogP) is 5.17. The maximum atomic E-state index is 13.9. The van der Waals surface area contributed by atoms with Gasteiger partial charge in [-0.25, -0.2) is 9.78 Å². The molecule has 0 bridgehead atoms. The van der Waals surface area contributed by atoms with Gasteiger partial charge in [0.15, 0.2) is 0 Å². The highest BCUT2D eigenvalue weighted by atomic mass is 19.4.